The molecule has 156 valence electrons. The van der Waals surface area contributed by atoms with Crippen molar-refractivity contribution in [3.63, 3.8) is 0 Å². The summed E-state index contributed by atoms with van der Waals surface area (Å²) in [4.78, 5) is 27.9. The fourth-order valence-corrected chi connectivity index (χ4v) is 4.18. The van der Waals surface area contributed by atoms with E-state index in [0.29, 0.717) is 39.8 Å². The molecule has 1 aliphatic rings. The predicted molar refractivity (Wildman–Crippen MR) is 123 cm³/mol. The number of hydrogen-bond acceptors (Lipinski definition) is 5. The minimum Gasteiger partial charge on any atom is -0.489 e. The van der Waals surface area contributed by atoms with Gasteiger partial charge in [-0.3, -0.25) is 9.59 Å². The van der Waals surface area contributed by atoms with Crippen molar-refractivity contribution in [1.29, 1.82) is 0 Å². The summed E-state index contributed by atoms with van der Waals surface area (Å²) in [5.74, 6) is 0.248. The van der Waals surface area contributed by atoms with Gasteiger partial charge in [0.2, 0.25) is 0 Å². The van der Waals surface area contributed by atoms with Gasteiger partial charge >= 0.3 is 0 Å². The van der Waals surface area contributed by atoms with Crippen LogP contribution in [0.2, 0.25) is 0 Å². The lowest BCUT2D eigenvalue weighted by Gasteiger charge is -2.16. The molecule has 3 aromatic rings. The van der Waals surface area contributed by atoms with E-state index < -0.39 is 0 Å². The number of ether oxygens (including phenoxy) is 1. The van der Waals surface area contributed by atoms with Crippen LogP contribution in [0.3, 0.4) is 0 Å². The molecule has 0 saturated heterocycles. The Labute approximate surface area is 185 Å². The molecular formula is C25H21NO4S. The van der Waals surface area contributed by atoms with Gasteiger partial charge in [0.25, 0.3) is 11.8 Å². The van der Waals surface area contributed by atoms with Crippen LogP contribution in [0.5, 0.6) is 5.75 Å². The highest BCUT2D eigenvalue weighted by Gasteiger charge is 2.40. The van der Waals surface area contributed by atoms with Gasteiger partial charge in [0.05, 0.1) is 22.8 Å². The molecule has 1 heterocycles. The van der Waals surface area contributed by atoms with Crippen LogP contribution in [0.25, 0.3) is 5.57 Å². The van der Waals surface area contributed by atoms with Crippen LogP contribution in [-0.4, -0.2) is 29.3 Å². The molecule has 31 heavy (non-hydrogen) atoms. The summed E-state index contributed by atoms with van der Waals surface area (Å²) in [5, 5.41) is 9.21. The molecule has 0 spiro atoms. The SMILES string of the molecule is O=C1C(SCCO)=C(c2ccccc2)C(=O)N1c1ccc(OCc2ccccc2)cc1. The van der Waals surface area contributed by atoms with Gasteiger partial charge in [-0.1, -0.05) is 60.7 Å². The second-order valence-electron chi connectivity index (χ2n) is 6.86. The standard InChI is InChI=1S/C25H21NO4S/c27-15-16-31-23-22(19-9-5-2-6-10-19)24(28)26(25(23)29)20-11-13-21(14-12-20)30-17-18-7-3-1-4-8-18/h1-14,27H,15-17H2. The van der Waals surface area contributed by atoms with Crippen molar-refractivity contribution >= 4 is 34.8 Å². The fraction of sp³-hybridized carbons (Fsp3) is 0.120. The monoisotopic (exact) mass is 431 g/mol. The first-order chi connectivity index (χ1) is 15.2. The zero-order valence-corrected chi connectivity index (χ0v) is 17.5. The van der Waals surface area contributed by atoms with E-state index >= 15 is 0 Å². The van der Waals surface area contributed by atoms with Crippen LogP contribution < -0.4 is 9.64 Å². The Kier molecular flexibility index (Phi) is 6.50. The maximum Gasteiger partial charge on any atom is 0.272 e. The van der Waals surface area contributed by atoms with Gasteiger partial charge in [-0.05, 0) is 35.4 Å². The van der Waals surface area contributed by atoms with Crippen LogP contribution in [-0.2, 0) is 16.2 Å². The second kappa shape index (κ2) is 9.64. The van der Waals surface area contributed by atoms with Crippen molar-refractivity contribution in [3.05, 3.63) is 101 Å². The maximum absolute atomic E-state index is 13.2. The summed E-state index contributed by atoms with van der Waals surface area (Å²) >= 11 is 1.20. The lowest BCUT2D eigenvalue weighted by Crippen LogP contribution is -2.31. The number of aliphatic hydroxyl groups is 1. The Balaban J connectivity index is 1.55. The lowest BCUT2D eigenvalue weighted by molar-refractivity contribution is -0.119. The third kappa shape index (κ3) is 4.55. The van der Waals surface area contributed by atoms with Crippen LogP contribution >= 0.6 is 11.8 Å². The number of anilines is 1. The number of carbonyl (C=O) groups excluding carboxylic acids is 2. The molecule has 0 fully saturated rings. The third-order valence-corrected chi connectivity index (χ3v) is 5.84. The topological polar surface area (TPSA) is 66.8 Å². The van der Waals surface area contributed by atoms with Gasteiger partial charge in [-0.15, -0.1) is 11.8 Å². The van der Waals surface area contributed by atoms with Crippen molar-refractivity contribution in [2.24, 2.45) is 0 Å². The van der Waals surface area contributed by atoms with Crippen molar-refractivity contribution in [1.82, 2.24) is 0 Å². The quantitative estimate of drug-likeness (QED) is 0.540. The molecule has 0 saturated carbocycles. The molecule has 2 amide bonds. The van der Waals surface area contributed by atoms with E-state index in [1.807, 2.05) is 60.7 Å². The average molecular weight is 432 g/mol. The highest BCUT2D eigenvalue weighted by atomic mass is 32.2. The van der Waals surface area contributed by atoms with Gasteiger partial charge in [0.15, 0.2) is 0 Å². The lowest BCUT2D eigenvalue weighted by atomic mass is 10.1. The van der Waals surface area contributed by atoms with E-state index in [-0.39, 0.29) is 18.4 Å². The molecule has 0 bridgehead atoms. The van der Waals surface area contributed by atoms with Crippen LogP contribution in [0.4, 0.5) is 5.69 Å². The maximum atomic E-state index is 13.2. The van der Waals surface area contributed by atoms with Gasteiger partial charge in [-0.2, -0.15) is 0 Å². The van der Waals surface area contributed by atoms with E-state index in [9.17, 15) is 14.7 Å². The minimum absolute atomic E-state index is 0.0782. The van der Waals surface area contributed by atoms with Crippen LogP contribution in [0, 0.1) is 0 Å². The van der Waals surface area contributed by atoms with Crippen LogP contribution in [0.15, 0.2) is 89.8 Å². The van der Waals surface area contributed by atoms with E-state index in [1.54, 1.807) is 24.3 Å². The van der Waals surface area contributed by atoms with Crippen molar-refractivity contribution in [2.75, 3.05) is 17.3 Å². The van der Waals surface area contributed by atoms with E-state index in [4.69, 9.17) is 4.74 Å². The van der Waals surface area contributed by atoms with Gasteiger partial charge < -0.3 is 9.84 Å². The van der Waals surface area contributed by atoms with E-state index in [1.165, 1.54) is 16.7 Å². The Bertz CT molecular complexity index is 1100. The smallest absolute Gasteiger partial charge is 0.272 e. The third-order valence-electron chi connectivity index (χ3n) is 4.78. The highest BCUT2D eigenvalue weighted by molar-refractivity contribution is 8.04. The first kappa shape index (κ1) is 20.9. The highest BCUT2D eigenvalue weighted by Crippen LogP contribution is 2.38. The summed E-state index contributed by atoms with van der Waals surface area (Å²) < 4.78 is 5.80. The molecule has 1 aliphatic heterocycles. The normalized spacial score (nSPS) is 13.8. The number of aliphatic hydroxyl groups excluding tert-OH is 1. The molecule has 4 rings (SSSR count). The number of carbonyl (C=O) groups is 2. The molecule has 6 heteroatoms. The molecule has 0 unspecified atom stereocenters. The van der Waals surface area contributed by atoms with Crippen molar-refractivity contribution < 1.29 is 19.4 Å². The zero-order chi connectivity index (χ0) is 21.6. The summed E-state index contributed by atoms with van der Waals surface area (Å²) in [5.41, 5.74) is 2.59. The average Bonchev–Trinajstić information content (AvgIpc) is 3.07. The number of rotatable bonds is 8. The molecule has 3 aromatic carbocycles. The summed E-state index contributed by atoms with van der Waals surface area (Å²) in [6.07, 6.45) is 0. The summed E-state index contributed by atoms with van der Waals surface area (Å²) in [6, 6.07) is 25.9. The molecule has 1 N–H and O–H groups in total. The number of amides is 2. The molecular weight excluding hydrogens is 410 g/mol. The number of nitrogens with zero attached hydrogens (tertiary/aromatic N) is 1. The molecule has 0 aromatic heterocycles. The fourth-order valence-electron chi connectivity index (χ4n) is 3.32. The Morgan fingerprint density at radius 3 is 2.10 bits per heavy atom. The molecule has 0 aliphatic carbocycles. The number of hydrogen-bond donors (Lipinski definition) is 1. The molecule has 5 nitrogen and oxygen atoms in total. The summed E-state index contributed by atoms with van der Waals surface area (Å²) in [7, 11) is 0. The number of benzene rings is 3. The van der Waals surface area contributed by atoms with Gasteiger partial charge in [0.1, 0.15) is 12.4 Å². The van der Waals surface area contributed by atoms with Gasteiger partial charge in [0, 0.05) is 5.75 Å². The van der Waals surface area contributed by atoms with E-state index in [0.717, 1.165) is 5.56 Å². The largest absolute Gasteiger partial charge is 0.489 e. The van der Waals surface area contributed by atoms with Crippen molar-refractivity contribution in [2.45, 2.75) is 6.61 Å². The molecule has 0 atom stereocenters. The predicted octanol–water partition coefficient (Wildman–Crippen LogP) is 4.28. The van der Waals surface area contributed by atoms with Crippen LogP contribution in [0.1, 0.15) is 11.1 Å². The Morgan fingerprint density at radius 2 is 1.45 bits per heavy atom. The number of thioether (sulfide) groups is 1. The minimum atomic E-state index is -0.375. The zero-order valence-electron chi connectivity index (χ0n) is 16.7. The Morgan fingerprint density at radius 1 is 0.806 bits per heavy atom. The van der Waals surface area contributed by atoms with Gasteiger partial charge in [-0.25, -0.2) is 4.90 Å². The van der Waals surface area contributed by atoms with E-state index in [2.05, 4.69) is 0 Å². The first-order valence-corrected chi connectivity index (χ1v) is 10.9. The first-order valence-electron chi connectivity index (χ1n) is 9.88. The number of imide groups is 1. The molecule has 0 radical (unpaired) electrons. The summed E-state index contributed by atoms with van der Waals surface area (Å²) in [6.45, 7) is 0.356. The van der Waals surface area contributed by atoms with Crippen molar-refractivity contribution in [3.8, 4) is 5.75 Å². The Hall–Kier alpha value is -3.35. The second-order valence-corrected chi connectivity index (χ2v) is 7.96.